The maximum absolute atomic E-state index is 11.7. The third-order valence-corrected chi connectivity index (χ3v) is 3.37. The van der Waals surface area contributed by atoms with Crippen LogP contribution in [0.3, 0.4) is 0 Å². The summed E-state index contributed by atoms with van der Waals surface area (Å²) in [7, 11) is 0. The van der Waals surface area contributed by atoms with Crippen LogP contribution >= 0.6 is 0 Å². The van der Waals surface area contributed by atoms with Gasteiger partial charge in [0.05, 0.1) is 11.6 Å². The molecule has 0 aromatic rings. The van der Waals surface area contributed by atoms with Crippen LogP contribution < -0.4 is 5.73 Å². The van der Waals surface area contributed by atoms with Crippen molar-refractivity contribution in [3.8, 4) is 0 Å². The Kier molecular flexibility index (Phi) is 4.11. The highest BCUT2D eigenvalue weighted by molar-refractivity contribution is 5.82. The quantitative estimate of drug-likeness (QED) is 0.715. The van der Waals surface area contributed by atoms with Gasteiger partial charge in [-0.15, -0.1) is 0 Å². The average molecular weight is 214 g/mol. The van der Waals surface area contributed by atoms with Crippen LogP contribution in [0.25, 0.3) is 0 Å². The summed E-state index contributed by atoms with van der Waals surface area (Å²) < 4.78 is 0. The third kappa shape index (κ3) is 2.92. The molecule has 1 unspecified atom stereocenters. The summed E-state index contributed by atoms with van der Waals surface area (Å²) in [6, 6.07) is -0.364. The second kappa shape index (κ2) is 4.94. The number of aliphatic hydroxyl groups is 1. The number of likely N-dealkylation sites (tertiary alicyclic amines) is 1. The summed E-state index contributed by atoms with van der Waals surface area (Å²) in [6.45, 7) is 5.04. The van der Waals surface area contributed by atoms with E-state index >= 15 is 0 Å². The van der Waals surface area contributed by atoms with E-state index < -0.39 is 5.60 Å². The van der Waals surface area contributed by atoms with E-state index in [1.165, 1.54) is 0 Å². The fourth-order valence-electron chi connectivity index (χ4n) is 1.96. The Bertz CT molecular complexity index is 227. The molecular formula is C11H22N2O2. The van der Waals surface area contributed by atoms with Gasteiger partial charge in [0, 0.05) is 13.1 Å². The van der Waals surface area contributed by atoms with Gasteiger partial charge in [0.25, 0.3) is 0 Å². The summed E-state index contributed by atoms with van der Waals surface area (Å²) in [5, 5.41) is 10.2. The maximum Gasteiger partial charge on any atom is 0.239 e. The van der Waals surface area contributed by atoms with E-state index in [-0.39, 0.29) is 11.9 Å². The fourth-order valence-corrected chi connectivity index (χ4v) is 1.96. The molecule has 4 nitrogen and oxygen atoms in total. The molecule has 1 rings (SSSR count). The third-order valence-electron chi connectivity index (χ3n) is 3.37. The van der Waals surface area contributed by atoms with Crippen LogP contribution in [-0.2, 0) is 4.79 Å². The minimum atomic E-state index is -0.743. The van der Waals surface area contributed by atoms with Gasteiger partial charge in [0.1, 0.15) is 0 Å². The minimum absolute atomic E-state index is 0.0124. The number of nitrogens with zero attached hydrogens (tertiary/aromatic N) is 1. The molecule has 4 heteroatoms. The van der Waals surface area contributed by atoms with E-state index in [0.717, 1.165) is 19.4 Å². The molecule has 0 saturated carbocycles. The van der Waals surface area contributed by atoms with Crippen LogP contribution in [0.15, 0.2) is 0 Å². The van der Waals surface area contributed by atoms with E-state index in [2.05, 4.69) is 0 Å². The molecule has 1 saturated heterocycles. The van der Waals surface area contributed by atoms with Crippen LogP contribution in [-0.4, -0.2) is 40.6 Å². The molecule has 15 heavy (non-hydrogen) atoms. The Morgan fingerprint density at radius 3 is 2.67 bits per heavy atom. The Labute approximate surface area is 91.4 Å². The van der Waals surface area contributed by atoms with Gasteiger partial charge in [-0.1, -0.05) is 13.8 Å². The monoisotopic (exact) mass is 214 g/mol. The average Bonchev–Trinajstić information content (AvgIpc) is 2.25. The summed E-state index contributed by atoms with van der Waals surface area (Å²) in [5.41, 5.74) is 4.95. The van der Waals surface area contributed by atoms with Gasteiger partial charge in [0.2, 0.25) is 5.91 Å². The standard InChI is InChI=1S/C11H22N2O2/c1-3-11(15,4-2)8-13-7-5-6-9(12)10(13)14/h9,15H,3-8,12H2,1-2H3. The summed E-state index contributed by atoms with van der Waals surface area (Å²) in [4.78, 5) is 13.4. The number of carbonyl (C=O) groups excluding carboxylic acids is 1. The Hall–Kier alpha value is -0.610. The SMILES string of the molecule is CCC(O)(CC)CN1CCCC(N)C1=O. The van der Waals surface area contributed by atoms with Crippen molar-refractivity contribution in [3.05, 3.63) is 0 Å². The predicted molar refractivity (Wildman–Crippen MR) is 59.3 cm³/mol. The Morgan fingerprint density at radius 2 is 2.13 bits per heavy atom. The van der Waals surface area contributed by atoms with Crippen molar-refractivity contribution in [1.29, 1.82) is 0 Å². The topological polar surface area (TPSA) is 66.6 Å². The summed E-state index contributed by atoms with van der Waals surface area (Å²) >= 11 is 0. The van der Waals surface area contributed by atoms with Crippen molar-refractivity contribution < 1.29 is 9.90 Å². The van der Waals surface area contributed by atoms with Crippen LogP contribution in [0.2, 0.25) is 0 Å². The number of rotatable bonds is 4. The van der Waals surface area contributed by atoms with Gasteiger partial charge in [-0.3, -0.25) is 4.79 Å². The van der Waals surface area contributed by atoms with Crippen LogP contribution in [0.5, 0.6) is 0 Å². The molecule has 88 valence electrons. The van der Waals surface area contributed by atoms with Crippen molar-refractivity contribution in [2.45, 2.75) is 51.2 Å². The molecule has 0 aromatic carbocycles. The van der Waals surface area contributed by atoms with E-state index in [9.17, 15) is 9.90 Å². The molecule has 1 amide bonds. The Morgan fingerprint density at radius 1 is 1.53 bits per heavy atom. The first kappa shape index (κ1) is 12.5. The van der Waals surface area contributed by atoms with E-state index in [0.29, 0.717) is 19.4 Å². The number of nitrogens with two attached hydrogens (primary N) is 1. The number of hydrogen-bond acceptors (Lipinski definition) is 3. The van der Waals surface area contributed by atoms with Gasteiger partial charge < -0.3 is 15.7 Å². The normalized spacial score (nSPS) is 23.3. The van der Waals surface area contributed by atoms with E-state index in [1.54, 1.807) is 4.90 Å². The summed E-state index contributed by atoms with van der Waals surface area (Å²) in [5.74, 6) is -0.0124. The molecule has 0 spiro atoms. The van der Waals surface area contributed by atoms with Crippen LogP contribution in [0.4, 0.5) is 0 Å². The van der Waals surface area contributed by atoms with E-state index in [4.69, 9.17) is 5.73 Å². The smallest absolute Gasteiger partial charge is 0.239 e. The van der Waals surface area contributed by atoms with Crippen molar-refractivity contribution in [2.24, 2.45) is 5.73 Å². The molecule has 1 heterocycles. The number of β-amino-alcohol motifs (C(OH)–C–C–N with tert-alkyl or cyclic N) is 1. The number of carbonyl (C=O) groups is 1. The lowest BCUT2D eigenvalue weighted by molar-refractivity contribution is -0.139. The molecule has 1 fully saturated rings. The van der Waals surface area contributed by atoms with Crippen LogP contribution in [0.1, 0.15) is 39.5 Å². The lowest BCUT2D eigenvalue weighted by Crippen LogP contribution is -2.53. The van der Waals surface area contributed by atoms with Crippen molar-refractivity contribution in [2.75, 3.05) is 13.1 Å². The molecule has 0 aliphatic carbocycles. The first-order valence-corrected chi connectivity index (χ1v) is 5.79. The molecule has 1 aliphatic heterocycles. The van der Waals surface area contributed by atoms with Gasteiger partial charge in [-0.25, -0.2) is 0 Å². The van der Waals surface area contributed by atoms with Gasteiger partial charge >= 0.3 is 0 Å². The van der Waals surface area contributed by atoms with Gasteiger partial charge in [-0.05, 0) is 25.7 Å². The highest BCUT2D eigenvalue weighted by Crippen LogP contribution is 2.19. The lowest BCUT2D eigenvalue weighted by atomic mass is 9.95. The molecule has 0 radical (unpaired) electrons. The first-order valence-electron chi connectivity index (χ1n) is 5.79. The number of hydrogen-bond donors (Lipinski definition) is 2. The molecular weight excluding hydrogens is 192 g/mol. The van der Waals surface area contributed by atoms with Crippen molar-refractivity contribution in [3.63, 3.8) is 0 Å². The maximum atomic E-state index is 11.7. The van der Waals surface area contributed by atoms with Gasteiger partial charge in [0.15, 0.2) is 0 Å². The van der Waals surface area contributed by atoms with Crippen molar-refractivity contribution in [1.82, 2.24) is 4.90 Å². The summed E-state index contributed by atoms with van der Waals surface area (Å²) in [6.07, 6.45) is 3.05. The second-order valence-electron chi connectivity index (χ2n) is 4.44. The van der Waals surface area contributed by atoms with Gasteiger partial charge in [-0.2, -0.15) is 0 Å². The Balaban J connectivity index is 2.60. The zero-order chi connectivity index (χ0) is 11.5. The highest BCUT2D eigenvalue weighted by Gasteiger charge is 2.32. The molecule has 1 aliphatic rings. The number of amides is 1. The highest BCUT2D eigenvalue weighted by atomic mass is 16.3. The largest absolute Gasteiger partial charge is 0.388 e. The number of piperidine rings is 1. The zero-order valence-electron chi connectivity index (χ0n) is 9.70. The molecule has 3 N–H and O–H groups in total. The predicted octanol–water partition coefficient (Wildman–Crippen LogP) is 0.487. The van der Waals surface area contributed by atoms with E-state index in [1.807, 2.05) is 13.8 Å². The second-order valence-corrected chi connectivity index (χ2v) is 4.44. The molecule has 0 aromatic heterocycles. The van der Waals surface area contributed by atoms with Crippen LogP contribution in [0, 0.1) is 0 Å². The minimum Gasteiger partial charge on any atom is -0.388 e. The fraction of sp³-hybridized carbons (Fsp3) is 0.909. The van der Waals surface area contributed by atoms with Crippen molar-refractivity contribution >= 4 is 5.91 Å². The zero-order valence-corrected chi connectivity index (χ0v) is 9.70. The lowest BCUT2D eigenvalue weighted by Gasteiger charge is -2.37. The first-order chi connectivity index (χ1) is 7.02. The molecule has 1 atom stereocenters. The molecule has 0 bridgehead atoms.